The molecule has 74 valence electrons. The summed E-state index contributed by atoms with van der Waals surface area (Å²) in [6.45, 7) is 15.8. The van der Waals surface area contributed by atoms with Crippen molar-refractivity contribution < 1.29 is 4.43 Å². The van der Waals surface area contributed by atoms with E-state index in [0.29, 0.717) is 11.1 Å². The molecule has 0 aromatic rings. The zero-order valence-electron chi connectivity index (χ0n) is 9.69. The molecule has 0 rings (SSSR count). The second-order valence-corrected chi connectivity index (χ2v) is 9.52. The molecule has 0 saturated heterocycles. The normalized spacial score (nSPS) is 14.0. The van der Waals surface area contributed by atoms with Crippen molar-refractivity contribution in [3.8, 4) is 0 Å². The van der Waals surface area contributed by atoms with Crippen LogP contribution in [0.25, 0.3) is 0 Å². The first-order valence-corrected chi connectivity index (χ1v) is 7.81. The molecule has 0 N–H and O–H groups in total. The van der Waals surface area contributed by atoms with Gasteiger partial charge in [0, 0.05) is 6.10 Å². The van der Waals surface area contributed by atoms with E-state index in [1.807, 2.05) is 0 Å². The number of hydrogen-bond donors (Lipinski definition) is 0. The van der Waals surface area contributed by atoms with Crippen molar-refractivity contribution in [1.29, 1.82) is 0 Å². The highest BCUT2D eigenvalue weighted by atomic mass is 28.4. The lowest BCUT2D eigenvalue weighted by Crippen LogP contribution is -2.43. The predicted molar refractivity (Wildman–Crippen MR) is 58.0 cm³/mol. The van der Waals surface area contributed by atoms with Crippen molar-refractivity contribution in [3.05, 3.63) is 0 Å². The third kappa shape index (κ3) is 2.90. The molecule has 0 heterocycles. The number of rotatable bonds is 4. The maximum atomic E-state index is 6.03. The Morgan fingerprint density at radius 1 is 1.25 bits per heavy atom. The van der Waals surface area contributed by atoms with Crippen LogP contribution in [0.2, 0.25) is 18.1 Å². The highest BCUT2D eigenvalue weighted by Crippen LogP contribution is 2.41. The summed E-state index contributed by atoms with van der Waals surface area (Å²) in [6, 6.07) is 0. The average Bonchev–Trinajstić information content (AvgIpc) is 1.84. The molecule has 0 bridgehead atoms. The van der Waals surface area contributed by atoms with Gasteiger partial charge in [-0.3, -0.25) is 0 Å². The van der Waals surface area contributed by atoms with Crippen LogP contribution < -0.4 is 0 Å². The third-order valence-electron chi connectivity index (χ3n) is 3.04. The minimum absolute atomic E-state index is 0.373. The van der Waals surface area contributed by atoms with Gasteiger partial charge in [-0.1, -0.05) is 27.2 Å². The standard InChI is InChI=1S/C10H24OSi/c1-8-10(4,5)12(6,7)11-9(2)3/h9H,8H2,1-7H3. The second kappa shape index (κ2) is 3.92. The first-order valence-electron chi connectivity index (χ1n) is 4.91. The molecule has 2 heteroatoms. The lowest BCUT2D eigenvalue weighted by molar-refractivity contribution is 0.214. The van der Waals surface area contributed by atoms with Crippen molar-refractivity contribution in [2.24, 2.45) is 0 Å². The molecular weight excluding hydrogens is 164 g/mol. The first kappa shape index (κ1) is 12.2. The van der Waals surface area contributed by atoms with E-state index in [4.69, 9.17) is 4.43 Å². The van der Waals surface area contributed by atoms with E-state index in [0.717, 1.165) is 0 Å². The lowest BCUT2D eigenvalue weighted by atomic mass is 10.1. The monoisotopic (exact) mass is 188 g/mol. The summed E-state index contributed by atoms with van der Waals surface area (Å²) in [5.74, 6) is 0. The molecule has 0 aliphatic rings. The summed E-state index contributed by atoms with van der Waals surface area (Å²) in [6.07, 6.45) is 1.58. The van der Waals surface area contributed by atoms with Crippen LogP contribution in [-0.4, -0.2) is 14.4 Å². The highest BCUT2D eigenvalue weighted by Gasteiger charge is 2.39. The summed E-state index contributed by atoms with van der Waals surface area (Å²) in [4.78, 5) is 0. The summed E-state index contributed by atoms with van der Waals surface area (Å²) in [5.41, 5.74) is 0. The van der Waals surface area contributed by atoms with Crippen LogP contribution in [-0.2, 0) is 4.43 Å². The molecule has 0 aromatic carbocycles. The Balaban J connectivity index is 4.37. The topological polar surface area (TPSA) is 9.23 Å². The van der Waals surface area contributed by atoms with Gasteiger partial charge in [0.25, 0.3) is 0 Å². The van der Waals surface area contributed by atoms with Crippen LogP contribution in [0.1, 0.15) is 41.0 Å². The maximum absolute atomic E-state index is 6.03. The van der Waals surface area contributed by atoms with Gasteiger partial charge in [0.1, 0.15) is 0 Å². The van der Waals surface area contributed by atoms with Gasteiger partial charge in [0.2, 0.25) is 0 Å². The molecular formula is C10H24OSi. The Kier molecular flexibility index (Phi) is 3.98. The quantitative estimate of drug-likeness (QED) is 0.610. The Morgan fingerprint density at radius 3 is 1.92 bits per heavy atom. The van der Waals surface area contributed by atoms with Crippen molar-refractivity contribution in [3.63, 3.8) is 0 Å². The van der Waals surface area contributed by atoms with Crippen molar-refractivity contribution in [2.45, 2.75) is 65.3 Å². The smallest absolute Gasteiger partial charge is 0.192 e. The Bertz CT molecular complexity index is 139. The van der Waals surface area contributed by atoms with E-state index in [2.05, 4.69) is 47.7 Å². The molecule has 0 fully saturated rings. The van der Waals surface area contributed by atoms with Gasteiger partial charge < -0.3 is 4.43 Å². The minimum Gasteiger partial charge on any atom is -0.415 e. The van der Waals surface area contributed by atoms with Crippen LogP contribution >= 0.6 is 0 Å². The number of hydrogen-bond acceptors (Lipinski definition) is 1. The molecule has 0 spiro atoms. The van der Waals surface area contributed by atoms with E-state index in [1.54, 1.807) is 0 Å². The van der Waals surface area contributed by atoms with Gasteiger partial charge in [-0.15, -0.1) is 0 Å². The molecule has 0 aromatic heterocycles. The van der Waals surface area contributed by atoms with Crippen LogP contribution in [0.15, 0.2) is 0 Å². The fourth-order valence-electron chi connectivity index (χ4n) is 1.17. The fourth-order valence-corrected chi connectivity index (χ4v) is 3.52. The van der Waals surface area contributed by atoms with Gasteiger partial charge in [-0.05, 0) is 32.0 Å². The van der Waals surface area contributed by atoms with E-state index in [9.17, 15) is 0 Å². The maximum Gasteiger partial charge on any atom is 0.192 e. The molecule has 0 amide bonds. The molecule has 0 atom stereocenters. The van der Waals surface area contributed by atoms with E-state index < -0.39 is 8.32 Å². The zero-order valence-corrected chi connectivity index (χ0v) is 10.7. The average molecular weight is 188 g/mol. The predicted octanol–water partition coefficient (Wildman–Crippen LogP) is 3.81. The third-order valence-corrected chi connectivity index (χ3v) is 7.72. The zero-order chi connectivity index (χ0) is 9.99. The van der Waals surface area contributed by atoms with Crippen LogP contribution in [0.3, 0.4) is 0 Å². The molecule has 0 aliphatic heterocycles. The van der Waals surface area contributed by atoms with Crippen LogP contribution in [0.5, 0.6) is 0 Å². The summed E-state index contributed by atoms with van der Waals surface area (Å²) >= 11 is 0. The first-order chi connectivity index (χ1) is 5.23. The Labute approximate surface area is 78.6 Å². The minimum atomic E-state index is -1.49. The molecule has 12 heavy (non-hydrogen) atoms. The van der Waals surface area contributed by atoms with Crippen LogP contribution in [0.4, 0.5) is 0 Å². The van der Waals surface area contributed by atoms with E-state index >= 15 is 0 Å². The fraction of sp³-hybridized carbons (Fsp3) is 1.00. The van der Waals surface area contributed by atoms with Gasteiger partial charge in [0.05, 0.1) is 0 Å². The highest BCUT2D eigenvalue weighted by molar-refractivity contribution is 6.74. The summed E-state index contributed by atoms with van der Waals surface area (Å²) in [5, 5.41) is 0.386. The second-order valence-electron chi connectivity index (χ2n) is 4.91. The molecule has 0 radical (unpaired) electrons. The summed E-state index contributed by atoms with van der Waals surface area (Å²) < 4.78 is 6.03. The SMILES string of the molecule is CCC(C)(C)[Si](C)(C)OC(C)C. The molecule has 0 aliphatic carbocycles. The van der Waals surface area contributed by atoms with Crippen molar-refractivity contribution in [2.75, 3.05) is 0 Å². The summed E-state index contributed by atoms with van der Waals surface area (Å²) in [7, 11) is -1.49. The Morgan fingerprint density at radius 2 is 1.67 bits per heavy atom. The van der Waals surface area contributed by atoms with Crippen molar-refractivity contribution >= 4 is 8.32 Å². The van der Waals surface area contributed by atoms with E-state index in [1.165, 1.54) is 6.42 Å². The van der Waals surface area contributed by atoms with Gasteiger partial charge in [-0.25, -0.2) is 0 Å². The largest absolute Gasteiger partial charge is 0.415 e. The molecule has 1 nitrogen and oxygen atoms in total. The van der Waals surface area contributed by atoms with Crippen LogP contribution in [0, 0.1) is 0 Å². The Hall–Kier alpha value is 0.177. The van der Waals surface area contributed by atoms with Gasteiger partial charge in [0.15, 0.2) is 8.32 Å². The van der Waals surface area contributed by atoms with Crippen molar-refractivity contribution in [1.82, 2.24) is 0 Å². The lowest BCUT2D eigenvalue weighted by Gasteiger charge is -2.40. The van der Waals surface area contributed by atoms with Gasteiger partial charge >= 0.3 is 0 Å². The van der Waals surface area contributed by atoms with Gasteiger partial charge in [-0.2, -0.15) is 0 Å². The molecule has 0 saturated carbocycles. The molecule has 0 unspecified atom stereocenters. The van der Waals surface area contributed by atoms with E-state index in [-0.39, 0.29) is 0 Å².